The summed E-state index contributed by atoms with van der Waals surface area (Å²) in [5.74, 6) is 2.37. The van der Waals surface area contributed by atoms with Crippen LogP contribution in [0, 0.1) is 5.41 Å². The quantitative estimate of drug-likeness (QED) is 0.324. The molecule has 0 aromatic rings. The number of nitrogens with one attached hydrogen (secondary N) is 1. The van der Waals surface area contributed by atoms with Crippen LogP contribution in [0.2, 0.25) is 0 Å². The Hall–Kier alpha value is 0.350. The Morgan fingerprint density at radius 2 is 2.05 bits per heavy atom. The first-order chi connectivity index (χ1) is 9.29. The molecule has 1 aliphatic heterocycles. The lowest BCUT2D eigenvalue weighted by Crippen LogP contribution is -2.41. The van der Waals surface area contributed by atoms with Crippen LogP contribution in [0.1, 0.15) is 45.4 Å². The zero-order valence-corrected chi connectivity index (χ0v) is 16.1. The summed E-state index contributed by atoms with van der Waals surface area (Å²) in [6.45, 7) is 6.55. The normalized spacial score (nSPS) is 21.3. The lowest BCUT2D eigenvalue weighted by atomic mass is 9.86. The number of aliphatic imine (C=N–C) groups is 1. The highest BCUT2D eigenvalue weighted by atomic mass is 127. The average molecular weight is 411 g/mol. The van der Waals surface area contributed by atoms with Crippen molar-refractivity contribution < 1.29 is 0 Å². The standard InChI is InChI=1S/C15H29N3S.HI/c1-3-16-14(17-10-6-12-19-2)18-11-9-15(13-18)7-4-5-8-15;/h3-13H2,1-2H3,(H,16,17);1H. The largest absolute Gasteiger partial charge is 0.357 e. The summed E-state index contributed by atoms with van der Waals surface area (Å²) in [6, 6.07) is 0. The number of nitrogens with zero attached hydrogens (tertiary/aromatic N) is 2. The molecule has 1 N–H and O–H groups in total. The zero-order chi connectivity index (χ0) is 13.6. The summed E-state index contributed by atoms with van der Waals surface area (Å²) in [7, 11) is 0. The number of likely N-dealkylation sites (tertiary alicyclic amines) is 1. The summed E-state index contributed by atoms with van der Waals surface area (Å²) >= 11 is 1.91. The third-order valence-electron chi connectivity index (χ3n) is 4.51. The molecule has 20 heavy (non-hydrogen) atoms. The minimum Gasteiger partial charge on any atom is -0.357 e. The van der Waals surface area contributed by atoms with Gasteiger partial charge in [-0.3, -0.25) is 4.99 Å². The van der Waals surface area contributed by atoms with E-state index in [1.807, 2.05) is 11.8 Å². The molecule has 3 nitrogen and oxygen atoms in total. The second-order valence-electron chi connectivity index (χ2n) is 5.96. The maximum absolute atomic E-state index is 4.81. The van der Waals surface area contributed by atoms with E-state index >= 15 is 0 Å². The van der Waals surface area contributed by atoms with Crippen LogP contribution in [0.4, 0.5) is 0 Å². The van der Waals surface area contributed by atoms with Crippen LogP contribution < -0.4 is 5.32 Å². The van der Waals surface area contributed by atoms with Crippen LogP contribution in [0.3, 0.4) is 0 Å². The van der Waals surface area contributed by atoms with Crippen LogP contribution in [-0.2, 0) is 0 Å². The van der Waals surface area contributed by atoms with Crippen molar-refractivity contribution in [2.45, 2.75) is 45.4 Å². The Kier molecular flexibility index (Phi) is 8.63. The Balaban J connectivity index is 0.00000200. The van der Waals surface area contributed by atoms with Gasteiger partial charge in [-0.1, -0.05) is 12.8 Å². The van der Waals surface area contributed by atoms with E-state index in [0.29, 0.717) is 5.41 Å². The van der Waals surface area contributed by atoms with Gasteiger partial charge in [-0.15, -0.1) is 24.0 Å². The molecule has 118 valence electrons. The molecule has 1 saturated heterocycles. The molecule has 0 amide bonds. The molecule has 0 bridgehead atoms. The van der Waals surface area contributed by atoms with Gasteiger partial charge in [0.15, 0.2) is 5.96 Å². The fraction of sp³-hybridized carbons (Fsp3) is 0.933. The van der Waals surface area contributed by atoms with Crippen molar-refractivity contribution in [3.05, 3.63) is 0 Å². The number of hydrogen-bond donors (Lipinski definition) is 1. The van der Waals surface area contributed by atoms with Gasteiger partial charge in [0.1, 0.15) is 0 Å². The van der Waals surface area contributed by atoms with Gasteiger partial charge < -0.3 is 10.2 Å². The molecule has 2 aliphatic rings. The summed E-state index contributed by atoms with van der Waals surface area (Å²) in [6.07, 6.45) is 10.5. The summed E-state index contributed by atoms with van der Waals surface area (Å²) in [5.41, 5.74) is 0.634. The number of rotatable bonds is 5. The van der Waals surface area contributed by atoms with Gasteiger partial charge >= 0.3 is 0 Å². The fourth-order valence-corrected chi connectivity index (χ4v) is 3.89. The monoisotopic (exact) mass is 411 g/mol. The van der Waals surface area contributed by atoms with Crippen molar-refractivity contribution in [3.63, 3.8) is 0 Å². The van der Waals surface area contributed by atoms with Crippen LogP contribution in [-0.4, -0.2) is 49.0 Å². The van der Waals surface area contributed by atoms with Gasteiger partial charge in [-0.05, 0) is 50.0 Å². The second kappa shape index (κ2) is 9.38. The first kappa shape index (κ1) is 18.4. The highest BCUT2D eigenvalue weighted by molar-refractivity contribution is 14.0. The van der Waals surface area contributed by atoms with E-state index < -0.39 is 0 Å². The maximum Gasteiger partial charge on any atom is 0.193 e. The van der Waals surface area contributed by atoms with Crippen molar-refractivity contribution in [3.8, 4) is 0 Å². The van der Waals surface area contributed by atoms with Gasteiger partial charge in [-0.2, -0.15) is 11.8 Å². The highest BCUT2D eigenvalue weighted by Crippen LogP contribution is 2.45. The van der Waals surface area contributed by atoms with Gasteiger partial charge in [0.05, 0.1) is 0 Å². The SMILES string of the molecule is CCNC(=NCCCSC)N1CCC2(CCCC2)C1.I. The van der Waals surface area contributed by atoms with Gasteiger partial charge in [0.2, 0.25) is 0 Å². The van der Waals surface area contributed by atoms with Crippen LogP contribution in [0.5, 0.6) is 0 Å². The highest BCUT2D eigenvalue weighted by Gasteiger charge is 2.40. The molecule has 0 atom stereocenters. The second-order valence-corrected chi connectivity index (χ2v) is 6.95. The molecule has 0 aromatic heterocycles. The summed E-state index contributed by atoms with van der Waals surface area (Å²) in [5, 5.41) is 3.48. The van der Waals surface area contributed by atoms with Crippen LogP contribution in [0.25, 0.3) is 0 Å². The maximum atomic E-state index is 4.81. The molecule has 1 heterocycles. The lowest BCUT2D eigenvalue weighted by molar-refractivity contribution is 0.309. The minimum atomic E-state index is 0. The predicted molar refractivity (Wildman–Crippen MR) is 101 cm³/mol. The van der Waals surface area contributed by atoms with Gasteiger partial charge in [0.25, 0.3) is 0 Å². The van der Waals surface area contributed by atoms with E-state index in [2.05, 4.69) is 23.4 Å². The van der Waals surface area contributed by atoms with E-state index in [9.17, 15) is 0 Å². The van der Waals surface area contributed by atoms with Crippen LogP contribution in [0.15, 0.2) is 4.99 Å². The van der Waals surface area contributed by atoms with Crippen molar-refractivity contribution in [1.82, 2.24) is 10.2 Å². The van der Waals surface area contributed by atoms with Crippen molar-refractivity contribution in [2.75, 3.05) is 38.2 Å². The molecular formula is C15H30IN3S. The average Bonchev–Trinajstić information content (AvgIpc) is 3.04. The lowest BCUT2D eigenvalue weighted by Gasteiger charge is -2.25. The minimum absolute atomic E-state index is 0. The molecule has 5 heteroatoms. The summed E-state index contributed by atoms with van der Waals surface area (Å²) < 4.78 is 0. The number of halogens is 1. The third kappa shape index (κ3) is 4.97. The zero-order valence-electron chi connectivity index (χ0n) is 13.0. The molecule has 0 unspecified atom stereocenters. The topological polar surface area (TPSA) is 27.6 Å². The van der Waals surface area contributed by atoms with E-state index in [-0.39, 0.29) is 24.0 Å². The first-order valence-corrected chi connectivity index (χ1v) is 9.21. The van der Waals surface area contributed by atoms with Gasteiger partial charge in [0, 0.05) is 26.2 Å². The Morgan fingerprint density at radius 3 is 2.70 bits per heavy atom. The number of guanidine groups is 1. The first-order valence-electron chi connectivity index (χ1n) is 7.82. The van der Waals surface area contributed by atoms with E-state index in [4.69, 9.17) is 4.99 Å². The Bertz CT molecular complexity index is 303. The van der Waals surface area contributed by atoms with Crippen molar-refractivity contribution >= 4 is 41.7 Å². The molecular weight excluding hydrogens is 381 g/mol. The molecule has 0 aromatic carbocycles. The number of hydrogen-bond acceptors (Lipinski definition) is 2. The number of thioether (sulfide) groups is 1. The molecule has 1 spiro atoms. The van der Waals surface area contributed by atoms with Crippen molar-refractivity contribution in [2.24, 2.45) is 10.4 Å². The molecule has 2 fully saturated rings. The summed E-state index contributed by atoms with van der Waals surface area (Å²) in [4.78, 5) is 7.31. The fourth-order valence-electron chi connectivity index (χ4n) is 3.47. The van der Waals surface area contributed by atoms with E-state index in [0.717, 1.165) is 19.0 Å². The van der Waals surface area contributed by atoms with E-state index in [1.165, 1.54) is 57.4 Å². The van der Waals surface area contributed by atoms with Gasteiger partial charge in [-0.25, -0.2) is 0 Å². The predicted octanol–water partition coefficient (Wildman–Crippen LogP) is 3.59. The third-order valence-corrected chi connectivity index (χ3v) is 5.20. The van der Waals surface area contributed by atoms with Crippen molar-refractivity contribution in [1.29, 1.82) is 0 Å². The molecule has 2 rings (SSSR count). The van der Waals surface area contributed by atoms with Crippen LogP contribution >= 0.6 is 35.7 Å². The molecule has 1 saturated carbocycles. The Labute approximate surface area is 145 Å². The van der Waals surface area contributed by atoms with E-state index in [1.54, 1.807) is 0 Å². The molecule has 0 radical (unpaired) electrons. The smallest absolute Gasteiger partial charge is 0.193 e. The Morgan fingerprint density at radius 1 is 1.30 bits per heavy atom. The molecule has 1 aliphatic carbocycles.